The lowest BCUT2D eigenvalue weighted by Crippen LogP contribution is -2.38. The van der Waals surface area contributed by atoms with Crippen LogP contribution in [0.3, 0.4) is 0 Å². The van der Waals surface area contributed by atoms with E-state index in [9.17, 15) is 4.39 Å². The first-order valence-electron chi connectivity index (χ1n) is 15.2. The number of halogens is 1. The van der Waals surface area contributed by atoms with Crippen LogP contribution in [0.25, 0.3) is 55.6 Å². The summed E-state index contributed by atoms with van der Waals surface area (Å²) in [5.74, 6) is 1.53. The van der Waals surface area contributed by atoms with E-state index in [4.69, 9.17) is 0 Å². The molecule has 4 heteroatoms. The lowest BCUT2D eigenvalue weighted by atomic mass is 9.92. The van der Waals surface area contributed by atoms with Gasteiger partial charge in [-0.2, -0.15) is 9.13 Å². The Hall–Kier alpha value is -4.70. The smallest absolute Gasteiger partial charge is 0.230 e. The molecular formula is C39H37FN3+. The second-order valence-electron chi connectivity index (χ2n) is 12.3. The number of nitrogens with zero attached hydrogens (tertiary/aromatic N) is 3. The molecule has 5 aromatic carbocycles. The lowest BCUT2D eigenvalue weighted by molar-refractivity contribution is -0.563. The van der Waals surface area contributed by atoms with Crippen molar-refractivity contribution in [2.45, 2.75) is 46.5 Å². The maximum atomic E-state index is 13.8. The van der Waals surface area contributed by atoms with E-state index in [1.54, 1.807) is 0 Å². The first kappa shape index (κ1) is 27.2. The predicted octanol–water partition coefficient (Wildman–Crippen LogP) is 9.91. The third kappa shape index (κ3) is 4.19. The molecule has 0 aliphatic carbocycles. The van der Waals surface area contributed by atoms with E-state index in [-0.39, 0.29) is 5.82 Å². The van der Waals surface area contributed by atoms with Gasteiger partial charge < -0.3 is 0 Å². The molecule has 0 bridgehead atoms. The molecule has 0 N–H and O–H groups in total. The molecule has 43 heavy (non-hydrogen) atoms. The summed E-state index contributed by atoms with van der Waals surface area (Å²) in [6.07, 6.45) is 0. The monoisotopic (exact) mass is 566 g/mol. The molecule has 0 amide bonds. The minimum atomic E-state index is -0.225. The number of para-hydroxylation sites is 3. The fourth-order valence-electron chi connectivity index (χ4n) is 6.81. The first-order valence-corrected chi connectivity index (χ1v) is 15.2. The number of fused-ring (bicyclic) bond motifs is 4. The Morgan fingerprint density at radius 3 is 1.98 bits per heavy atom. The quantitative estimate of drug-likeness (QED) is 0.184. The third-order valence-electron chi connectivity index (χ3n) is 8.92. The minimum absolute atomic E-state index is 0.225. The van der Waals surface area contributed by atoms with Crippen LogP contribution in [0.5, 0.6) is 0 Å². The van der Waals surface area contributed by atoms with Crippen molar-refractivity contribution in [3.8, 4) is 22.8 Å². The molecule has 0 saturated heterocycles. The Morgan fingerprint density at radius 2 is 1.28 bits per heavy atom. The van der Waals surface area contributed by atoms with Gasteiger partial charge in [0.25, 0.3) is 0 Å². The topological polar surface area (TPSA) is 13.7 Å². The van der Waals surface area contributed by atoms with E-state index in [0.717, 1.165) is 28.1 Å². The van der Waals surface area contributed by atoms with Crippen LogP contribution in [0.2, 0.25) is 0 Å². The zero-order valence-electron chi connectivity index (χ0n) is 25.7. The normalized spacial score (nSPS) is 12.0. The molecule has 0 spiro atoms. The number of aryl methyl sites for hydroxylation is 2. The third-order valence-corrected chi connectivity index (χ3v) is 8.92. The molecule has 214 valence electrons. The van der Waals surface area contributed by atoms with E-state index in [1.165, 1.54) is 56.3 Å². The van der Waals surface area contributed by atoms with Crippen molar-refractivity contribution < 1.29 is 8.96 Å². The Labute approximate surface area is 252 Å². The van der Waals surface area contributed by atoms with Crippen LogP contribution in [0.4, 0.5) is 4.39 Å². The van der Waals surface area contributed by atoms with Crippen LogP contribution in [-0.2, 0) is 7.05 Å². The first-order chi connectivity index (χ1) is 20.8. The molecule has 0 fully saturated rings. The lowest BCUT2D eigenvalue weighted by Gasteiger charge is -2.19. The summed E-state index contributed by atoms with van der Waals surface area (Å²) in [6, 6.07) is 35.5. The van der Waals surface area contributed by atoms with Gasteiger partial charge in [0.05, 0.1) is 7.05 Å². The van der Waals surface area contributed by atoms with Crippen LogP contribution < -0.4 is 4.57 Å². The highest BCUT2D eigenvalue weighted by atomic mass is 19.1. The van der Waals surface area contributed by atoms with Gasteiger partial charge in [-0.25, -0.2) is 8.96 Å². The van der Waals surface area contributed by atoms with Crippen molar-refractivity contribution in [1.82, 2.24) is 9.13 Å². The highest BCUT2D eigenvalue weighted by Crippen LogP contribution is 2.37. The SMILES string of the molecule is Cc1cccc2c3ccccc3n(-c3n(C)c4cc(-c5ccc(F)cc5)ccc4[n+]3-c3c(C(C)C)cccc3C(C)C)c12. The molecule has 0 aliphatic heterocycles. The predicted molar refractivity (Wildman–Crippen MR) is 177 cm³/mol. The largest absolute Gasteiger partial charge is 0.375 e. The summed E-state index contributed by atoms with van der Waals surface area (Å²) in [5.41, 5.74) is 11.8. The summed E-state index contributed by atoms with van der Waals surface area (Å²) in [4.78, 5) is 0. The molecule has 2 aromatic heterocycles. The average molecular weight is 567 g/mol. The van der Waals surface area contributed by atoms with Crippen LogP contribution >= 0.6 is 0 Å². The second-order valence-corrected chi connectivity index (χ2v) is 12.3. The van der Waals surface area contributed by atoms with Crippen molar-refractivity contribution in [1.29, 1.82) is 0 Å². The van der Waals surface area contributed by atoms with E-state index < -0.39 is 0 Å². The maximum Gasteiger partial charge on any atom is 0.375 e. The van der Waals surface area contributed by atoms with Gasteiger partial charge in [-0.05, 0) is 76.9 Å². The molecule has 2 heterocycles. The molecule has 7 rings (SSSR count). The minimum Gasteiger partial charge on any atom is -0.230 e. The molecule has 0 unspecified atom stereocenters. The van der Waals surface area contributed by atoms with Gasteiger partial charge in [0.1, 0.15) is 33.6 Å². The fraction of sp³-hybridized carbons (Fsp3) is 0.205. The van der Waals surface area contributed by atoms with Crippen molar-refractivity contribution in [2.24, 2.45) is 7.05 Å². The zero-order chi connectivity index (χ0) is 30.0. The van der Waals surface area contributed by atoms with Gasteiger partial charge in [-0.3, -0.25) is 0 Å². The molecule has 3 nitrogen and oxygen atoms in total. The number of benzene rings is 5. The Kier molecular flexibility index (Phi) is 6.46. The summed E-state index contributed by atoms with van der Waals surface area (Å²) in [6.45, 7) is 11.3. The zero-order valence-corrected chi connectivity index (χ0v) is 25.7. The number of imidazole rings is 1. The Morgan fingerprint density at radius 1 is 0.651 bits per heavy atom. The average Bonchev–Trinajstić information content (AvgIpc) is 3.49. The summed E-state index contributed by atoms with van der Waals surface area (Å²) < 4.78 is 21.1. The summed E-state index contributed by atoms with van der Waals surface area (Å²) in [7, 11) is 2.18. The standard InChI is InChI=1S/C39H37FN3/c1-24(2)30-13-10-14-31(25(3)4)38(30)43-35-22-19-28(27-17-20-29(40)21-18-27)23-36(35)41(6)39(43)42-34-16-8-7-12-32(34)33-15-9-11-26(5)37(33)42/h7-25H,1-6H3/q+1. The van der Waals surface area contributed by atoms with Gasteiger partial charge in [-0.1, -0.05) is 100 Å². The van der Waals surface area contributed by atoms with Gasteiger partial charge in [-0.15, -0.1) is 0 Å². The number of aromatic nitrogens is 3. The second kappa shape index (κ2) is 10.2. The van der Waals surface area contributed by atoms with Gasteiger partial charge in [0, 0.05) is 10.8 Å². The van der Waals surface area contributed by atoms with Crippen molar-refractivity contribution in [3.05, 3.63) is 126 Å². The maximum absolute atomic E-state index is 13.8. The van der Waals surface area contributed by atoms with Gasteiger partial charge >= 0.3 is 5.95 Å². The van der Waals surface area contributed by atoms with Crippen LogP contribution in [0, 0.1) is 12.7 Å². The van der Waals surface area contributed by atoms with E-state index >= 15 is 0 Å². The molecular weight excluding hydrogens is 529 g/mol. The van der Waals surface area contributed by atoms with E-state index in [0.29, 0.717) is 11.8 Å². The number of hydrogen-bond acceptors (Lipinski definition) is 0. The van der Waals surface area contributed by atoms with Crippen molar-refractivity contribution in [2.75, 3.05) is 0 Å². The van der Waals surface area contributed by atoms with Gasteiger partial charge in [0.2, 0.25) is 0 Å². The fourth-order valence-corrected chi connectivity index (χ4v) is 6.81. The molecule has 0 aliphatic rings. The highest BCUT2D eigenvalue weighted by molar-refractivity contribution is 6.10. The summed E-state index contributed by atoms with van der Waals surface area (Å²) >= 11 is 0. The van der Waals surface area contributed by atoms with Crippen molar-refractivity contribution >= 4 is 32.8 Å². The number of hydrogen-bond donors (Lipinski definition) is 0. The van der Waals surface area contributed by atoms with Crippen LogP contribution in [0.15, 0.2) is 103 Å². The molecule has 7 aromatic rings. The van der Waals surface area contributed by atoms with Crippen LogP contribution in [0.1, 0.15) is 56.2 Å². The number of rotatable bonds is 5. The molecule has 0 atom stereocenters. The molecule has 0 radical (unpaired) electrons. The van der Waals surface area contributed by atoms with E-state index in [2.05, 4.69) is 134 Å². The van der Waals surface area contributed by atoms with E-state index in [1.807, 2.05) is 12.1 Å². The molecule has 0 saturated carbocycles. The summed E-state index contributed by atoms with van der Waals surface area (Å²) in [5, 5.41) is 2.49. The Bertz CT molecular complexity index is 2130. The Balaban J connectivity index is 1.69. The van der Waals surface area contributed by atoms with Crippen molar-refractivity contribution in [3.63, 3.8) is 0 Å². The van der Waals surface area contributed by atoms with Gasteiger partial charge in [0.15, 0.2) is 0 Å². The highest BCUT2D eigenvalue weighted by Gasteiger charge is 2.32. The van der Waals surface area contributed by atoms with Crippen LogP contribution in [-0.4, -0.2) is 9.13 Å².